The zero-order valence-corrected chi connectivity index (χ0v) is 20.2. The molecular formula is C29H22F2N4O3. The number of benzene rings is 3. The predicted molar refractivity (Wildman–Crippen MR) is 139 cm³/mol. The van der Waals surface area contributed by atoms with Gasteiger partial charge in [0.15, 0.2) is 11.6 Å². The molecule has 9 heteroatoms. The Morgan fingerprint density at radius 3 is 2.61 bits per heavy atom. The van der Waals surface area contributed by atoms with E-state index in [1.165, 1.54) is 41.2 Å². The highest BCUT2D eigenvalue weighted by molar-refractivity contribution is 6.05. The number of hydrogen-bond donors (Lipinski definition) is 1. The minimum absolute atomic E-state index is 0.0387. The summed E-state index contributed by atoms with van der Waals surface area (Å²) in [7, 11) is 0. The van der Waals surface area contributed by atoms with Crippen molar-refractivity contribution >= 4 is 22.5 Å². The lowest BCUT2D eigenvalue weighted by Crippen LogP contribution is -2.26. The molecule has 0 saturated heterocycles. The van der Waals surface area contributed by atoms with E-state index in [1.807, 2.05) is 24.3 Å². The third-order valence-electron chi connectivity index (χ3n) is 6.57. The van der Waals surface area contributed by atoms with Gasteiger partial charge in [-0.3, -0.25) is 19.3 Å². The van der Waals surface area contributed by atoms with Crippen LogP contribution in [0.1, 0.15) is 28.9 Å². The van der Waals surface area contributed by atoms with Gasteiger partial charge in [0.1, 0.15) is 22.8 Å². The fraction of sp³-hybridized carbons (Fsp3) is 0.138. The molecule has 0 spiro atoms. The Kier molecular flexibility index (Phi) is 5.95. The zero-order chi connectivity index (χ0) is 26.2. The van der Waals surface area contributed by atoms with Crippen LogP contribution in [0.15, 0.2) is 83.8 Å². The van der Waals surface area contributed by atoms with Crippen molar-refractivity contribution in [3.05, 3.63) is 112 Å². The van der Waals surface area contributed by atoms with Crippen LogP contribution in [0.4, 0.5) is 14.5 Å². The molecule has 2 aromatic heterocycles. The number of ether oxygens (including phenoxy) is 1. The van der Waals surface area contributed by atoms with Crippen molar-refractivity contribution in [2.24, 2.45) is 0 Å². The van der Waals surface area contributed by atoms with Gasteiger partial charge in [-0.1, -0.05) is 30.3 Å². The molecule has 1 amide bonds. The van der Waals surface area contributed by atoms with Gasteiger partial charge in [-0.2, -0.15) is 0 Å². The first-order chi connectivity index (χ1) is 18.5. The smallest absolute Gasteiger partial charge is 0.284 e. The average Bonchev–Trinajstić information content (AvgIpc) is 3.22. The van der Waals surface area contributed by atoms with Gasteiger partial charge >= 0.3 is 0 Å². The van der Waals surface area contributed by atoms with Crippen LogP contribution >= 0.6 is 0 Å². The van der Waals surface area contributed by atoms with Crippen LogP contribution in [0.3, 0.4) is 0 Å². The first kappa shape index (κ1) is 23.6. The third kappa shape index (κ3) is 4.21. The number of para-hydroxylation sites is 2. The molecule has 190 valence electrons. The van der Waals surface area contributed by atoms with E-state index in [1.54, 1.807) is 16.8 Å². The van der Waals surface area contributed by atoms with Crippen LogP contribution in [0.5, 0.6) is 11.5 Å². The molecule has 3 heterocycles. The van der Waals surface area contributed by atoms with E-state index in [0.717, 1.165) is 29.8 Å². The lowest BCUT2D eigenvalue weighted by atomic mass is 10.1. The molecule has 0 aliphatic carbocycles. The third-order valence-corrected chi connectivity index (χ3v) is 6.57. The Balaban J connectivity index is 1.28. The van der Waals surface area contributed by atoms with E-state index in [4.69, 9.17) is 4.74 Å². The second-order valence-corrected chi connectivity index (χ2v) is 9.04. The molecule has 0 atom stereocenters. The van der Waals surface area contributed by atoms with E-state index < -0.39 is 23.1 Å². The summed E-state index contributed by atoms with van der Waals surface area (Å²) in [6, 6.07) is 19.2. The number of aromatic nitrogens is 3. The van der Waals surface area contributed by atoms with Crippen LogP contribution in [-0.4, -0.2) is 20.3 Å². The summed E-state index contributed by atoms with van der Waals surface area (Å²) in [5.74, 6) is -1.61. The number of nitrogens with zero attached hydrogens (tertiary/aromatic N) is 3. The summed E-state index contributed by atoms with van der Waals surface area (Å²) in [5, 5.41) is 3.47. The van der Waals surface area contributed by atoms with E-state index in [0.29, 0.717) is 24.4 Å². The maximum Gasteiger partial charge on any atom is 0.284 e. The standard InChI is InChI=1S/C29H22F2N4O3/c30-21-8-2-4-10-24(21)35-29(37)27(25-11-5-6-14-34(25)35)28(36)33-19-12-13-26(22(31)16-19)38-20-15-18-7-1-3-9-23(18)32-17-20/h1-4,7-10,12-13,15-17H,5-6,11,14H2,(H,33,36). The maximum absolute atomic E-state index is 14.9. The molecule has 0 saturated carbocycles. The summed E-state index contributed by atoms with van der Waals surface area (Å²) in [6.07, 6.45) is 3.61. The molecule has 0 radical (unpaired) electrons. The van der Waals surface area contributed by atoms with Crippen LogP contribution in [-0.2, 0) is 13.0 Å². The Labute approximate surface area is 215 Å². The van der Waals surface area contributed by atoms with E-state index in [9.17, 15) is 18.4 Å². The van der Waals surface area contributed by atoms with Crippen LogP contribution in [0.25, 0.3) is 16.6 Å². The second-order valence-electron chi connectivity index (χ2n) is 9.04. The highest BCUT2D eigenvalue weighted by atomic mass is 19.1. The maximum atomic E-state index is 14.9. The minimum atomic E-state index is -0.696. The van der Waals surface area contributed by atoms with Crippen molar-refractivity contribution in [2.75, 3.05) is 5.32 Å². The number of halogens is 2. The molecule has 38 heavy (non-hydrogen) atoms. The molecule has 1 N–H and O–H groups in total. The molecule has 0 unspecified atom stereocenters. The van der Waals surface area contributed by atoms with Crippen molar-refractivity contribution < 1.29 is 18.3 Å². The normalized spacial score (nSPS) is 12.8. The fourth-order valence-electron chi connectivity index (χ4n) is 4.81. The van der Waals surface area contributed by atoms with Crippen molar-refractivity contribution in [2.45, 2.75) is 25.8 Å². The van der Waals surface area contributed by atoms with Gasteiger partial charge in [-0.05, 0) is 55.7 Å². The Bertz CT molecular complexity index is 1760. The van der Waals surface area contributed by atoms with E-state index in [-0.39, 0.29) is 22.7 Å². The van der Waals surface area contributed by atoms with Crippen molar-refractivity contribution in [3.63, 3.8) is 0 Å². The number of pyridine rings is 1. The fourth-order valence-corrected chi connectivity index (χ4v) is 4.81. The van der Waals surface area contributed by atoms with Gasteiger partial charge in [0, 0.05) is 23.7 Å². The largest absolute Gasteiger partial charge is 0.453 e. The highest BCUT2D eigenvalue weighted by Crippen LogP contribution is 2.29. The minimum Gasteiger partial charge on any atom is -0.453 e. The van der Waals surface area contributed by atoms with Gasteiger partial charge in [0.2, 0.25) is 0 Å². The zero-order valence-electron chi connectivity index (χ0n) is 20.2. The Morgan fingerprint density at radius 1 is 0.947 bits per heavy atom. The molecule has 7 nitrogen and oxygen atoms in total. The molecule has 1 aliphatic rings. The summed E-state index contributed by atoms with van der Waals surface area (Å²) >= 11 is 0. The van der Waals surface area contributed by atoms with Crippen LogP contribution in [0, 0.1) is 11.6 Å². The number of rotatable bonds is 5. The summed E-state index contributed by atoms with van der Waals surface area (Å²) in [6.45, 7) is 0.483. The van der Waals surface area contributed by atoms with E-state index >= 15 is 0 Å². The summed E-state index contributed by atoms with van der Waals surface area (Å²) in [5.41, 5.74) is 0.871. The van der Waals surface area contributed by atoms with Crippen molar-refractivity contribution in [1.29, 1.82) is 0 Å². The summed E-state index contributed by atoms with van der Waals surface area (Å²) in [4.78, 5) is 30.9. The van der Waals surface area contributed by atoms with Crippen molar-refractivity contribution in [3.8, 4) is 17.2 Å². The van der Waals surface area contributed by atoms with Gasteiger partial charge in [-0.25, -0.2) is 13.5 Å². The quantitative estimate of drug-likeness (QED) is 0.321. The number of amides is 1. The number of anilines is 1. The number of fused-ring (bicyclic) bond motifs is 2. The topological polar surface area (TPSA) is 78.2 Å². The molecular weight excluding hydrogens is 490 g/mol. The van der Waals surface area contributed by atoms with E-state index in [2.05, 4.69) is 10.3 Å². The van der Waals surface area contributed by atoms with Gasteiger partial charge in [0.05, 0.1) is 17.4 Å². The molecule has 1 aliphatic heterocycles. The number of hydrogen-bond acceptors (Lipinski definition) is 4. The van der Waals surface area contributed by atoms with Crippen molar-refractivity contribution in [1.82, 2.24) is 14.3 Å². The average molecular weight is 513 g/mol. The first-order valence-corrected chi connectivity index (χ1v) is 12.2. The van der Waals surface area contributed by atoms with Gasteiger partial charge in [0.25, 0.3) is 11.5 Å². The van der Waals surface area contributed by atoms with Gasteiger partial charge in [-0.15, -0.1) is 0 Å². The number of nitrogens with one attached hydrogen (secondary N) is 1. The Hall–Kier alpha value is -4.79. The Morgan fingerprint density at radius 2 is 1.76 bits per heavy atom. The van der Waals surface area contributed by atoms with Crippen LogP contribution in [0.2, 0.25) is 0 Å². The number of carbonyl (C=O) groups excluding carboxylic acids is 1. The SMILES string of the molecule is O=C(Nc1ccc(Oc2cnc3ccccc3c2)c(F)c1)c1c2n(n(-c3ccccc3F)c1=O)CCCC2. The molecule has 6 rings (SSSR count). The lowest BCUT2D eigenvalue weighted by Gasteiger charge is -2.19. The lowest BCUT2D eigenvalue weighted by molar-refractivity contribution is 0.102. The molecule has 0 bridgehead atoms. The molecule has 0 fully saturated rings. The monoisotopic (exact) mass is 512 g/mol. The molecule has 3 aromatic carbocycles. The second kappa shape index (κ2) is 9.59. The highest BCUT2D eigenvalue weighted by Gasteiger charge is 2.28. The summed E-state index contributed by atoms with van der Waals surface area (Å²) < 4.78 is 38.0. The predicted octanol–water partition coefficient (Wildman–Crippen LogP) is 5.85. The van der Waals surface area contributed by atoms with Gasteiger partial charge < -0.3 is 10.1 Å². The number of carbonyl (C=O) groups is 1. The molecule has 5 aromatic rings. The van der Waals surface area contributed by atoms with Crippen LogP contribution < -0.4 is 15.6 Å². The first-order valence-electron chi connectivity index (χ1n) is 12.2.